The fraction of sp³-hybridized carbons (Fsp3) is 0.263. The first-order valence-electron chi connectivity index (χ1n) is 8.27. The second-order valence-electron chi connectivity index (χ2n) is 5.96. The zero-order valence-electron chi connectivity index (χ0n) is 14.1. The molecule has 3 rings (SSSR count). The van der Waals surface area contributed by atoms with Crippen LogP contribution in [-0.2, 0) is 4.79 Å². The molecule has 1 aliphatic heterocycles. The average Bonchev–Trinajstić information content (AvgIpc) is 2.67. The SMILES string of the molecule is O=C(O)c1ccc(N2CCN(C(=O)COc3ccc(Cl)cc3)CC2)cc1. The van der Waals surface area contributed by atoms with Gasteiger partial charge in [0.25, 0.3) is 5.91 Å². The van der Waals surface area contributed by atoms with Crippen LogP contribution in [0, 0.1) is 0 Å². The number of amides is 1. The molecule has 2 aromatic rings. The second kappa shape index (κ2) is 8.10. The van der Waals surface area contributed by atoms with Crippen LogP contribution >= 0.6 is 11.6 Å². The van der Waals surface area contributed by atoms with Crippen molar-refractivity contribution >= 4 is 29.2 Å². The molecule has 26 heavy (non-hydrogen) atoms. The third kappa shape index (κ3) is 4.46. The molecule has 1 amide bonds. The molecule has 0 unspecified atom stereocenters. The third-order valence-corrected chi connectivity index (χ3v) is 4.54. The summed E-state index contributed by atoms with van der Waals surface area (Å²) in [6.45, 7) is 2.58. The van der Waals surface area contributed by atoms with Gasteiger partial charge in [0.05, 0.1) is 5.56 Å². The number of halogens is 1. The molecule has 2 aromatic carbocycles. The number of hydrogen-bond acceptors (Lipinski definition) is 4. The average molecular weight is 375 g/mol. The summed E-state index contributed by atoms with van der Waals surface area (Å²) in [6, 6.07) is 13.7. The number of piperazine rings is 1. The summed E-state index contributed by atoms with van der Waals surface area (Å²) in [6.07, 6.45) is 0. The standard InChI is InChI=1S/C19H19ClN2O4/c20-15-3-7-17(8-4-15)26-13-18(23)22-11-9-21(10-12-22)16-5-1-14(2-6-16)19(24)25/h1-8H,9-13H2,(H,24,25). The van der Waals surface area contributed by atoms with Gasteiger partial charge < -0.3 is 19.6 Å². The largest absolute Gasteiger partial charge is 0.484 e. The fourth-order valence-electron chi connectivity index (χ4n) is 2.80. The monoisotopic (exact) mass is 374 g/mol. The molecule has 0 bridgehead atoms. The van der Waals surface area contributed by atoms with Crippen LogP contribution in [0.2, 0.25) is 5.02 Å². The molecule has 0 radical (unpaired) electrons. The molecule has 1 fully saturated rings. The molecule has 1 N–H and O–H groups in total. The van der Waals surface area contributed by atoms with Gasteiger partial charge in [-0.15, -0.1) is 0 Å². The van der Waals surface area contributed by atoms with Gasteiger partial charge in [-0.3, -0.25) is 4.79 Å². The number of nitrogens with zero attached hydrogens (tertiary/aromatic N) is 2. The number of benzene rings is 2. The van der Waals surface area contributed by atoms with E-state index >= 15 is 0 Å². The second-order valence-corrected chi connectivity index (χ2v) is 6.40. The lowest BCUT2D eigenvalue weighted by Gasteiger charge is -2.36. The molecule has 0 spiro atoms. The first-order chi connectivity index (χ1) is 12.5. The number of carbonyl (C=O) groups is 2. The van der Waals surface area contributed by atoms with Crippen molar-refractivity contribution in [1.29, 1.82) is 0 Å². The van der Waals surface area contributed by atoms with E-state index in [-0.39, 0.29) is 18.1 Å². The van der Waals surface area contributed by atoms with E-state index in [9.17, 15) is 9.59 Å². The summed E-state index contributed by atoms with van der Waals surface area (Å²) in [5.41, 5.74) is 1.22. The Morgan fingerprint density at radius 1 is 0.962 bits per heavy atom. The Balaban J connectivity index is 1.48. The number of carbonyl (C=O) groups excluding carboxylic acids is 1. The van der Waals surface area contributed by atoms with Gasteiger partial charge in [0, 0.05) is 36.9 Å². The molecule has 1 aliphatic rings. The van der Waals surface area contributed by atoms with Gasteiger partial charge in [-0.2, -0.15) is 0 Å². The minimum atomic E-state index is -0.937. The van der Waals surface area contributed by atoms with Crippen LogP contribution in [0.15, 0.2) is 48.5 Å². The van der Waals surface area contributed by atoms with E-state index < -0.39 is 5.97 Å². The summed E-state index contributed by atoms with van der Waals surface area (Å²) in [4.78, 5) is 27.1. The highest BCUT2D eigenvalue weighted by Gasteiger charge is 2.21. The highest BCUT2D eigenvalue weighted by atomic mass is 35.5. The Hall–Kier alpha value is -2.73. The number of carboxylic acids is 1. The van der Waals surface area contributed by atoms with Crippen LogP contribution in [-0.4, -0.2) is 54.7 Å². The van der Waals surface area contributed by atoms with Crippen LogP contribution in [0.4, 0.5) is 5.69 Å². The molecule has 7 heteroatoms. The first kappa shape index (κ1) is 18.1. The van der Waals surface area contributed by atoms with Crippen molar-refractivity contribution < 1.29 is 19.4 Å². The molecule has 0 aliphatic carbocycles. The maximum absolute atomic E-state index is 12.3. The molecule has 1 saturated heterocycles. The van der Waals surface area contributed by atoms with Crippen molar-refractivity contribution in [3.63, 3.8) is 0 Å². The molecule has 136 valence electrons. The van der Waals surface area contributed by atoms with Gasteiger partial charge >= 0.3 is 5.97 Å². The van der Waals surface area contributed by atoms with Crippen LogP contribution in [0.25, 0.3) is 0 Å². The molecule has 6 nitrogen and oxygen atoms in total. The van der Waals surface area contributed by atoms with Crippen molar-refractivity contribution in [2.24, 2.45) is 0 Å². The Morgan fingerprint density at radius 2 is 1.58 bits per heavy atom. The summed E-state index contributed by atoms with van der Waals surface area (Å²) in [5.74, 6) is -0.381. The number of hydrogen-bond donors (Lipinski definition) is 1. The van der Waals surface area contributed by atoms with Crippen molar-refractivity contribution in [2.75, 3.05) is 37.7 Å². The molecule has 0 atom stereocenters. The Labute approximate surface area is 156 Å². The maximum atomic E-state index is 12.3. The lowest BCUT2D eigenvalue weighted by Crippen LogP contribution is -2.50. The quantitative estimate of drug-likeness (QED) is 0.871. The Bertz CT molecular complexity index is 769. The minimum absolute atomic E-state index is 0.00502. The summed E-state index contributed by atoms with van der Waals surface area (Å²) >= 11 is 5.82. The van der Waals surface area contributed by atoms with Gasteiger partial charge in [0.15, 0.2) is 6.61 Å². The minimum Gasteiger partial charge on any atom is -0.484 e. The van der Waals surface area contributed by atoms with Gasteiger partial charge in [0.2, 0.25) is 0 Å². The van der Waals surface area contributed by atoms with Gasteiger partial charge in [-0.05, 0) is 48.5 Å². The highest BCUT2D eigenvalue weighted by Crippen LogP contribution is 2.18. The number of carboxylic acid groups (broad SMARTS) is 1. The maximum Gasteiger partial charge on any atom is 0.335 e. The Morgan fingerprint density at radius 3 is 2.15 bits per heavy atom. The Kier molecular flexibility index (Phi) is 5.63. The molecule has 0 saturated carbocycles. The van der Waals surface area contributed by atoms with E-state index in [1.807, 2.05) is 0 Å². The predicted octanol–water partition coefficient (Wildman–Crippen LogP) is 2.77. The smallest absolute Gasteiger partial charge is 0.335 e. The first-order valence-corrected chi connectivity index (χ1v) is 8.65. The number of anilines is 1. The van der Waals surface area contributed by atoms with E-state index in [4.69, 9.17) is 21.4 Å². The zero-order valence-corrected chi connectivity index (χ0v) is 14.9. The molecule has 0 aromatic heterocycles. The van der Waals surface area contributed by atoms with E-state index in [1.165, 1.54) is 0 Å². The lowest BCUT2D eigenvalue weighted by molar-refractivity contribution is -0.133. The van der Waals surface area contributed by atoms with Gasteiger partial charge in [0.1, 0.15) is 5.75 Å². The topological polar surface area (TPSA) is 70.1 Å². The molecular weight excluding hydrogens is 356 g/mol. The highest BCUT2D eigenvalue weighted by molar-refractivity contribution is 6.30. The number of aromatic carboxylic acids is 1. The van der Waals surface area contributed by atoms with Crippen molar-refractivity contribution in [3.05, 3.63) is 59.1 Å². The lowest BCUT2D eigenvalue weighted by atomic mass is 10.2. The van der Waals surface area contributed by atoms with Gasteiger partial charge in [-0.1, -0.05) is 11.6 Å². The number of rotatable bonds is 5. The van der Waals surface area contributed by atoms with Crippen LogP contribution in [0.1, 0.15) is 10.4 Å². The van der Waals surface area contributed by atoms with Crippen LogP contribution in [0.3, 0.4) is 0 Å². The summed E-state index contributed by atoms with van der Waals surface area (Å²) in [5, 5.41) is 9.57. The van der Waals surface area contributed by atoms with Crippen LogP contribution in [0.5, 0.6) is 5.75 Å². The molecular formula is C19H19ClN2O4. The normalized spacial score (nSPS) is 14.2. The van der Waals surface area contributed by atoms with E-state index in [0.29, 0.717) is 37.0 Å². The third-order valence-electron chi connectivity index (χ3n) is 4.29. The summed E-state index contributed by atoms with van der Waals surface area (Å²) in [7, 11) is 0. The fourth-order valence-corrected chi connectivity index (χ4v) is 2.92. The van der Waals surface area contributed by atoms with Crippen molar-refractivity contribution in [1.82, 2.24) is 4.90 Å². The van der Waals surface area contributed by atoms with Crippen LogP contribution < -0.4 is 9.64 Å². The summed E-state index contributed by atoms with van der Waals surface area (Å²) < 4.78 is 5.50. The predicted molar refractivity (Wildman–Crippen MR) is 99.1 cm³/mol. The number of ether oxygens (including phenoxy) is 1. The van der Waals surface area contributed by atoms with Gasteiger partial charge in [-0.25, -0.2) is 4.79 Å². The van der Waals surface area contributed by atoms with E-state index in [0.717, 1.165) is 5.69 Å². The molecule has 1 heterocycles. The van der Waals surface area contributed by atoms with Crippen molar-refractivity contribution in [2.45, 2.75) is 0 Å². The zero-order chi connectivity index (χ0) is 18.5. The van der Waals surface area contributed by atoms with E-state index in [2.05, 4.69) is 4.90 Å². The van der Waals surface area contributed by atoms with E-state index in [1.54, 1.807) is 53.4 Å². The van der Waals surface area contributed by atoms with Crippen molar-refractivity contribution in [3.8, 4) is 5.75 Å².